The Labute approximate surface area is 366 Å². The fraction of sp³-hybridized carbons (Fsp3) is 0.604. The maximum absolute atomic E-state index is 12.0. The molecule has 0 amide bonds. The van der Waals surface area contributed by atoms with Crippen molar-refractivity contribution in [2.24, 2.45) is 0 Å². The summed E-state index contributed by atoms with van der Waals surface area (Å²) in [6, 6.07) is 13.4. The van der Waals surface area contributed by atoms with Crippen LogP contribution in [0.25, 0.3) is 43.6 Å². The Hall–Kier alpha value is -4.33. The number of benzene rings is 4. The monoisotopic (exact) mass is 837 g/mol. The molecule has 0 bridgehead atoms. The third-order valence-electron chi connectivity index (χ3n) is 11.9. The van der Waals surface area contributed by atoms with E-state index in [1.165, 1.54) is 103 Å². The summed E-state index contributed by atoms with van der Waals surface area (Å²) in [5, 5.41) is 13.6. The van der Waals surface area contributed by atoms with E-state index in [4.69, 9.17) is 28.9 Å². The normalized spacial score (nSPS) is 11.6. The Morgan fingerprint density at radius 3 is 1.07 bits per heavy atom. The van der Waals surface area contributed by atoms with Gasteiger partial charge in [0.25, 0.3) is 0 Å². The third kappa shape index (κ3) is 14.6. The number of carboxylic acids is 1. The molecule has 5 rings (SSSR count). The molecular weight excluding hydrogens is 761 g/mol. The van der Waals surface area contributed by atoms with Crippen molar-refractivity contribution in [2.45, 2.75) is 182 Å². The second-order valence-electron chi connectivity index (χ2n) is 17.1. The van der Waals surface area contributed by atoms with Gasteiger partial charge in [0.1, 0.15) is 0 Å². The van der Waals surface area contributed by atoms with E-state index in [0.29, 0.717) is 54.5 Å². The van der Waals surface area contributed by atoms with Crippen LogP contribution >= 0.6 is 0 Å². The lowest BCUT2D eigenvalue weighted by molar-refractivity contribution is 0.0697. The van der Waals surface area contributed by atoms with Crippen LogP contribution in [0.5, 0.6) is 23.0 Å². The Kier molecular flexibility index (Phi) is 21.0. The van der Waals surface area contributed by atoms with Crippen LogP contribution < -0.4 is 18.9 Å². The summed E-state index contributed by atoms with van der Waals surface area (Å²) >= 11 is 0. The van der Waals surface area contributed by atoms with E-state index in [0.717, 1.165) is 89.9 Å². The molecule has 0 saturated heterocycles. The van der Waals surface area contributed by atoms with Gasteiger partial charge in [0, 0.05) is 10.8 Å². The van der Waals surface area contributed by atoms with Crippen LogP contribution in [0, 0.1) is 0 Å². The maximum Gasteiger partial charge on any atom is 0.335 e. The van der Waals surface area contributed by atoms with E-state index < -0.39 is 5.97 Å². The van der Waals surface area contributed by atoms with Crippen LogP contribution in [-0.2, 0) is 0 Å². The highest BCUT2D eigenvalue weighted by molar-refractivity contribution is 6.25. The predicted octanol–water partition coefficient (Wildman–Crippen LogP) is 15.7. The van der Waals surface area contributed by atoms with Crippen LogP contribution in [0.15, 0.2) is 42.5 Å². The first-order valence-corrected chi connectivity index (χ1v) is 24.4. The first kappa shape index (κ1) is 47.7. The zero-order valence-electron chi connectivity index (χ0n) is 38.2. The van der Waals surface area contributed by atoms with Gasteiger partial charge >= 0.3 is 5.97 Å². The number of hydrogen-bond donors (Lipinski definition) is 1. The van der Waals surface area contributed by atoms with Gasteiger partial charge in [0.05, 0.1) is 54.1 Å². The first-order valence-electron chi connectivity index (χ1n) is 24.4. The average Bonchev–Trinajstić information content (AvgIpc) is 3.27. The molecule has 334 valence electrons. The molecular formula is C53H76N2O6. The van der Waals surface area contributed by atoms with Gasteiger partial charge < -0.3 is 24.1 Å². The third-order valence-corrected chi connectivity index (χ3v) is 11.9. The average molecular weight is 837 g/mol. The van der Waals surface area contributed by atoms with E-state index in [-0.39, 0.29) is 5.56 Å². The Balaban J connectivity index is 1.61. The lowest BCUT2D eigenvalue weighted by Gasteiger charge is -2.19. The molecule has 4 aromatic carbocycles. The van der Waals surface area contributed by atoms with Gasteiger partial charge in [0.15, 0.2) is 23.0 Å². The number of fused-ring (bicyclic) bond motifs is 7. The minimum atomic E-state index is -0.995. The van der Waals surface area contributed by atoms with E-state index in [9.17, 15) is 9.90 Å². The molecule has 8 heteroatoms. The number of hydrogen-bond acceptors (Lipinski definition) is 7. The molecule has 0 atom stereocenters. The summed E-state index contributed by atoms with van der Waals surface area (Å²) in [6.45, 7) is 11.4. The first-order chi connectivity index (χ1) is 30.0. The van der Waals surface area contributed by atoms with Crippen molar-refractivity contribution in [1.82, 2.24) is 9.97 Å². The van der Waals surface area contributed by atoms with Gasteiger partial charge in [-0.25, -0.2) is 14.8 Å². The molecule has 0 aliphatic carbocycles. The summed E-state index contributed by atoms with van der Waals surface area (Å²) in [6.07, 6.45) is 28.4. The molecule has 0 radical (unpaired) electrons. The summed E-state index contributed by atoms with van der Waals surface area (Å²) in [7, 11) is 0. The van der Waals surface area contributed by atoms with E-state index in [2.05, 4.69) is 52.0 Å². The van der Waals surface area contributed by atoms with Crippen molar-refractivity contribution >= 4 is 49.6 Å². The van der Waals surface area contributed by atoms with Crippen molar-refractivity contribution in [3.63, 3.8) is 0 Å². The van der Waals surface area contributed by atoms with Crippen molar-refractivity contribution < 1.29 is 28.8 Å². The molecule has 1 N–H and O–H groups in total. The Morgan fingerprint density at radius 1 is 0.410 bits per heavy atom. The summed E-state index contributed by atoms with van der Waals surface area (Å²) in [5.41, 5.74) is 2.76. The molecule has 8 nitrogen and oxygen atoms in total. The maximum atomic E-state index is 12.0. The number of aromatic carboxylic acids is 1. The highest BCUT2D eigenvalue weighted by Crippen LogP contribution is 2.44. The summed E-state index contributed by atoms with van der Waals surface area (Å²) in [4.78, 5) is 22.4. The molecule has 1 aromatic heterocycles. The highest BCUT2D eigenvalue weighted by Gasteiger charge is 2.20. The number of unbranched alkanes of at least 4 members (excludes halogenated alkanes) is 20. The van der Waals surface area contributed by atoms with Crippen LogP contribution in [0.4, 0.5) is 0 Å². The van der Waals surface area contributed by atoms with Crippen LogP contribution in [-0.4, -0.2) is 47.5 Å². The fourth-order valence-corrected chi connectivity index (χ4v) is 8.23. The molecule has 61 heavy (non-hydrogen) atoms. The van der Waals surface area contributed by atoms with E-state index in [1.54, 1.807) is 18.2 Å². The molecule has 1 heterocycles. The Bertz CT molecular complexity index is 2080. The van der Waals surface area contributed by atoms with Crippen molar-refractivity contribution in [3.8, 4) is 23.0 Å². The van der Waals surface area contributed by atoms with Crippen molar-refractivity contribution in [3.05, 3.63) is 48.0 Å². The lowest BCUT2D eigenvalue weighted by Crippen LogP contribution is -2.05. The molecule has 0 saturated carbocycles. The minimum absolute atomic E-state index is 0.178. The van der Waals surface area contributed by atoms with Gasteiger partial charge in [-0.05, 0) is 78.9 Å². The molecule has 0 aliphatic heterocycles. The van der Waals surface area contributed by atoms with Gasteiger partial charge in [-0.3, -0.25) is 0 Å². The highest BCUT2D eigenvalue weighted by atomic mass is 16.5. The number of nitrogens with zero attached hydrogens (tertiary/aromatic N) is 2. The SMILES string of the molecule is CCCCCCCCOc1cc2c3cc(OCCCCCCCC)c(OCCCCCCCC)cc3c3nc4cc(C(=O)O)ccc4nc3c2cc1OCCCCCCCC. The number of rotatable bonds is 33. The van der Waals surface area contributed by atoms with Crippen LogP contribution in [0.3, 0.4) is 0 Å². The Morgan fingerprint density at radius 2 is 0.721 bits per heavy atom. The number of ether oxygens (including phenoxy) is 4. The molecule has 0 fully saturated rings. The molecule has 5 aromatic rings. The van der Waals surface area contributed by atoms with E-state index >= 15 is 0 Å². The van der Waals surface area contributed by atoms with Crippen LogP contribution in [0.1, 0.15) is 192 Å². The van der Waals surface area contributed by atoms with Gasteiger partial charge in [-0.1, -0.05) is 156 Å². The zero-order chi connectivity index (χ0) is 43.1. The van der Waals surface area contributed by atoms with Crippen molar-refractivity contribution in [1.29, 1.82) is 0 Å². The number of carbonyl (C=O) groups is 1. The quantitative estimate of drug-likeness (QED) is 0.0253. The smallest absolute Gasteiger partial charge is 0.335 e. The zero-order valence-corrected chi connectivity index (χ0v) is 38.2. The van der Waals surface area contributed by atoms with Crippen LogP contribution in [0.2, 0.25) is 0 Å². The fourth-order valence-electron chi connectivity index (χ4n) is 8.23. The van der Waals surface area contributed by atoms with Crippen molar-refractivity contribution in [2.75, 3.05) is 26.4 Å². The minimum Gasteiger partial charge on any atom is -0.490 e. The molecule has 0 spiro atoms. The van der Waals surface area contributed by atoms with E-state index in [1.807, 2.05) is 0 Å². The summed E-state index contributed by atoms with van der Waals surface area (Å²) < 4.78 is 26.5. The molecule has 0 aliphatic rings. The number of carboxylic acid groups (broad SMARTS) is 1. The second kappa shape index (κ2) is 26.9. The standard InChI is InChI=1S/C53H76N2O6/c1-5-9-13-17-21-25-31-58-47-36-41-42-37-48(59-32-26-22-18-14-10-6-2)50(61-34-28-24-20-16-12-8-4)39-44(42)52-51(54-45-30-29-40(53(56)57)35-46(45)55-52)43(41)38-49(47)60-33-27-23-19-15-11-7-3/h29-30,35-39H,5-28,31-34H2,1-4H3,(H,56,57). The largest absolute Gasteiger partial charge is 0.490 e. The number of aromatic nitrogens is 2. The lowest BCUT2D eigenvalue weighted by atomic mass is 9.97. The summed E-state index contributed by atoms with van der Waals surface area (Å²) in [5.74, 6) is 1.89. The van der Waals surface area contributed by atoms with Gasteiger partial charge in [-0.2, -0.15) is 0 Å². The van der Waals surface area contributed by atoms with Gasteiger partial charge in [0.2, 0.25) is 0 Å². The second-order valence-corrected chi connectivity index (χ2v) is 17.1. The predicted molar refractivity (Wildman–Crippen MR) is 254 cm³/mol. The topological polar surface area (TPSA) is 100 Å². The van der Waals surface area contributed by atoms with Gasteiger partial charge in [-0.15, -0.1) is 0 Å². The molecule has 0 unspecified atom stereocenters.